The van der Waals surface area contributed by atoms with E-state index in [1.165, 1.54) is 0 Å². The number of nitrogens with one attached hydrogen (secondary N) is 1. The van der Waals surface area contributed by atoms with Crippen LogP contribution in [0.1, 0.15) is 32.6 Å². The number of rotatable bonds is 5. The molecule has 0 aromatic heterocycles. The highest BCUT2D eigenvalue weighted by Crippen LogP contribution is 2.25. The monoisotopic (exact) mass is 243 g/mol. The highest BCUT2D eigenvalue weighted by Gasteiger charge is 2.37. The number of hydrogen-bond acceptors (Lipinski definition) is 3. The van der Waals surface area contributed by atoms with Gasteiger partial charge in [0.15, 0.2) is 0 Å². The minimum Gasteiger partial charge on any atom is -0.381 e. The summed E-state index contributed by atoms with van der Waals surface area (Å²) in [5, 5.41) is 2.93. The zero-order valence-electron chi connectivity index (χ0n) is 11.0. The third-order valence-electron chi connectivity index (χ3n) is 3.63. The Hall–Kier alpha value is -0.810. The Balaban J connectivity index is 2.52. The standard InChI is InChI=1S/C12H25N3O2/c1-3-4-7-14-11(16)15(2)12(10-13)5-8-17-9-6-12/h3-10,13H2,1-2H3,(H,14,16). The van der Waals surface area contributed by atoms with Crippen molar-refractivity contribution in [3.63, 3.8) is 0 Å². The maximum atomic E-state index is 12.0. The topological polar surface area (TPSA) is 67.6 Å². The summed E-state index contributed by atoms with van der Waals surface area (Å²) >= 11 is 0. The molecule has 100 valence electrons. The molecular formula is C12H25N3O2. The van der Waals surface area contributed by atoms with Crippen LogP contribution >= 0.6 is 0 Å². The van der Waals surface area contributed by atoms with E-state index in [1.807, 2.05) is 7.05 Å². The van der Waals surface area contributed by atoms with Crippen LogP contribution in [0.4, 0.5) is 4.79 Å². The molecule has 0 aromatic rings. The molecular weight excluding hydrogens is 218 g/mol. The Morgan fingerprint density at radius 1 is 1.47 bits per heavy atom. The number of amides is 2. The average molecular weight is 243 g/mol. The second kappa shape index (κ2) is 6.81. The molecule has 1 heterocycles. The van der Waals surface area contributed by atoms with E-state index in [1.54, 1.807) is 4.90 Å². The Kier molecular flexibility index (Phi) is 5.71. The summed E-state index contributed by atoms with van der Waals surface area (Å²) in [7, 11) is 1.83. The van der Waals surface area contributed by atoms with Crippen LogP contribution in [0.5, 0.6) is 0 Å². The number of likely N-dealkylation sites (N-methyl/N-ethyl adjacent to an activating group) is 1. The van der Waals surface area contributed by atoms with Crippen LogP contribution in [0.2, 0.25) is 0 Å². The van der Waals surface area contributed by atoms with Crippen molar-refractivity contribution in [2.75, 3.05) is 33.4 Å². The van der Waals surface area contributed by atoms with E-state index in [0.29, 0.717) is 19.8 Å². The van der Waals surface area contributed by atoms with E-state index in [9.17, 15) is 4.79 Å². The Morgan fingerprint density at radius 3 is 2.65 bits per heavy atom. The molecule has 0 bridgehead atoms. The van der Waals surface area contributed by atoms with Gasteiger partial charge in [0.1, 0.15) is 0 Å². The average Bonchev–Trinajstić information content (AvgIpc) is 2.38. The predicted octanol–water partition coefficient (Wildman–Crippen LogP) is 0.936. The number of hydrogen-bond donors (Lipinski definition) is 2. The number of urea groups is 1. The van der Waals surface area contributed by atoms with Crippen LogP contribution in [0.25, 0.3) is 0 Å². The zero-order chi connectivity index (χ0) is 12.7. The fraction of sp³-hybridized carbons (Fsp3) is 0.917. The van der Waals surface area contributed by atoms with Crippen LogP contribution in [0, 0.1) is 0 Å². The first-order chi connectivity index (χ1) is 8.16. The maximum absolute atomic E-state index is 12.0. The van der Waals surface area contributed by atoms with Gasteiger partial charge in [-0.05, 0) is 19.3 Å². The molecule has 5 nitrogen and oxygen atoms in total. The van der Waals surface area contributed by atoms with Gasteiger partial charge in [0.2, 0.25) is 0 Å². The van der Waals surface area contributed by atoms with Gasteiger partial charge in [0, 0.05) is 33.4 Å². The van der Waals surface area contributed by atoms with E-state index in [2.05, 4.69) is 12.2 Å². The van der Waals surface area contributed by atoms with Crippen molar-refractivity contribution in [3.05, 3.63) is 0 Å². The van der Waals surface area contributed by atoms with Crippen molar-refractivity contribution in [1.82, 2.24) is 10.2 Å². The van der Waals surface area contributed by atoms with Crippen LogP contribution in [0.3, 0.4) is 0 Å². The molecule has 0 atom stereocenters. The first-order valence-electron chi connectivity index (χ1n) is 6.46. The second-order valence-corrected chi connectivity index (χ2v) is 4.69. The molecule has 5 heteroatoms. The third kappa shape index (κ3) is 3.57. The predicted molar refractivity (Wildman–Crippen MR) is 67.9 cm³/mol. The molecule has 0 unspecified atom stereocenters. The minimum atomic E-state index is -0.228. The van der Waals surface area contributed by atoms with Crippen LogP contribution in [-0.4, -0.2) is 49.8 Å². The van der Waals surface area contributed by atoms with E-state index in [4.69, 9.17) is 10.5 Å². The summed E-state index contributed by atoms with van der Waals surface area (Å²) < 4.78 is 5.34. The van der Waals surface area contributed by atoms with Crippen LogP contribution in [-0.2, 0) is 4.74 Å². The van der Waals surface area contributed by atoms with Gasteiger partial charge >= 0.3 is 6.03 Å². The third-order valence-corrected chi connectivity index (χ3v) is 3.63. The number of carbonyl (C=O) groups is 1. The molecule has 0 saturated carbocycles. The van der Waals surface area contributed by atoms with Crippen molar-refractivity contribution in [2.45, 2.75) is 38.1 Å². The lowest BCUT2D eigenvalue weighted by Gasteiger charge is -2.43. The molecule has 0 aliphatic carbocycles. The SMILES string of the molecule is CCCCNC(=O)N(C)C1(CN)CCOCC1. The van der Waals surface area contributed by atoms with Gasteiger partial charge in [-0.2, -0.15) is 0 Å². The van der Waals surface area contributed by atoms with E-state index in [-0.39, 0.29) is 11.6 Å². The van der Waals surface area contributed by atoms with Gasteiger partial charge < -0.3 is 20.7 Å². The van der Waals surface area contributed by atoms with E-state index < -0.39 is 0 Å². The van der Waals surface area contributed by atoms with Gasteiger partial charge in [-0.3, -0.25) is 0 Å². The summed E-state index contributed by atoms with van der Waals surface area (Å²) in [6, 6.07) is -0.0224. The molecule has 0 spiro atoms. The fourth-order valence-corrected chi connectivity index (χ4v) is 2.13. The first-order valence-corrected chi connectivity index (χ1v) is 6.46. The van der Waals surface area contributed by atoms with Crippen molar-refractivity contribution in [3.8, 4) is 0 Å². The molecule has 1 saturated heterocycles. The zero-order valence-corrected chi connectivity index (χ0v) is 11.0. The van der Waals surface area contributed by atoms with Gasteiger partial charge in [-0.15, -0.1) is 0 Å². The van der Waals surface area contributed by atoms with Gasteiger partial charge in [0.05, 0.1) is 5.54 Å². The fourth-order valence-electron chi connectivity index (χ4n) is 2.13. The number of nitrogens with zero attached hydrogens (tertiary/aromatic N) is 1. The molecule has 3 N–H and O–H groups in total. The van der Waals surface area contributed by atoms with Crippen molar-refractivity contribution < 1.29 is 9.53 Å². The molecule has 17 heavy (non-hydrogen) atoms. The number of ether oxygens (including phenoxy) is 1. The molecule has 1 aliphatic rings. The summed E-state index contributed by atoms with van der Waals surface area (Å²) in [5.74, 6) is 0. The summed E-state index contributed by atoms with van der Waals surface area (Å²) in [4.78, 5) is 13.8. The minimum absolute atomic E-state index is 0.0224. The smallest absolute Gasteiger partial charge is 0.317 e. The largest absolute Gasteiger partial charge is 0.381 e. The number of nitrogens with two attached hydrogens (primary N) is 1. The normalized spacial score (nSPS) is 18.8. The Bertz CT molecular complexity index is 240. The Labute approximate surface area is 104 Å². The highest BCUT2D eigenvalue weighted by molar-refractivity contribution is 5.74. The molecule has 1 fully saturated rings. The van der Waals surface area contributed by atoms with E-state index >= 15 is 0 Å². The lowest BCUT2D eigenvalue weighted by atomic mass is 9.88. The molecule has 0 radical (unpaired) electrons. The van der Waals surface area contributed by atoms with Gasteiger partial charge in [-0.25, -0.2) is 4.79 Å². The second-order valence-electron chi connectivity index (χ2n) is 4.69. The van der Waals surface area contributed by atoms with Gasteiger partial charge in [-0.1, -0.05) is 13.3 Å². The lowest BCUT2D eigenvalue weighted by molar-refractivity contribution is 0.00276. The molecule has 2 amide bonds. The summed E-state index contributed by atoms with van der Waals surface area (Å²) in [6.07, 6.45) is 3.74. The highest BCUT2D eigenvalue weighted by atomic mass is 16.5. The van der Waals surface area contributed by atoms with Crippen molar-refractivity contribution >= 4 is 6.03 Å². The summed E-state index contributed by atoms with van der Waals surface area (Å²) in [5.41, 5.74) is 5.63. The van der Waals surface area contributed by atoms with Crippen molar-refractivity contribution in [1.29, 1.82) is 0 Å². The van der Waals surface area contributed by atoms with Gasteiger partial charge in [0.25, 0.3) is 0 Å². The Morgan fingerprint density at radius 2 is 2.12 bits per heavy atom. The quantitative estimate of drug-likeness (QED) is 0.706. The molecule has 1 aliphatic heterocycles. The van der Waals surface area contributed by atoms with Crippen molar-refractivity contribution in [2.24, 2.45) is 5.73 Å². The first kappa shape index (κ1) is 14.3. The molecule has 1 rings (SSSR count). The van der Waals surface area contributed by atoms with E-state index in [0.717, 1.165) is 32.2 Å². The van der Waals surface area contributed by atoms with Crippen LogP contribution in [0.15, 0.2) is 0 Å². The van der Waals surface area contributed by atoms with Crippen LogP contribution < -0.4 is 11.1 Å². The summed E-state index contributed by atoms with van der Waals surface area (Å²) in [6.45, 7) is 4.70. The number of carbonyl (C=O) groups excluding carboxylic acids is 1. The maximum Gasteiger partial charge on any atom is 0.317 e. The lowest BCUT2D eigenvalue weighted by Crippen LogP contribution is -2.59. The molecule has 0 aromatic carbocycles. The number of unbranched alkanes of at least 4 members (excludes halogenated alkanes) is 1.